The Labute approximate surface area is 208 Å². The van der Waals surface area contributed by atoms with E-state index in [1.807, 2.05) is 48.5 Å². The zero-order valence-corrected chi connectivity index (χ0v) is 21.4. The molecule has 0 fully saturated rings. The lowest BCUT2D eigenvalue weighted by Crippen LogP contribution is -2.14. The van der Waals surface area contributed by atoms with Crippen LogP contribution in [0.25, 0.3) is 0 Å². The SMILES string of the molecule is CCCCCc1ccc(COc2ccc(CCc3ccc([Si]CC)cc3)c(F)c2C(F)(F)F)cc1. The van der Waals surface area contributed by atoms with Gasteiger partial charge in [-0.15, -0.1) is 0 Å². The van der Waals surface area contributed by atoms with Crippen LogP contribution < -0.4 is 9.92 Å². The van der Waals surface area contributed by atoms with Gasteiger partial charge in [0.05, 0.1) is 9.52 Å². The Balaban J connectivity index is 1.69. The van der Waals surface area contributed by atoms with E-state index >= 15 is 4.39 Å². The van der Waals surface area contributed by atoms with Gasteiger partial charge in [0.25, 0.3) is 0 Å². The molecule has 2 radical (unpaired) electrons. The van der Waals surface area contributed by atoms with E-state index in [1.54, 1.807) is 0 Å². The molecule has 35 heavy (non-hydrogen) atoms. The zero-order valence-electron chi connectivity index (χ0n) is 20.4. The van der Waals surface area contributed by atoms with Crippen LogP contribution in [0.3, 0.4) is 0 Å². The fourth-order valence-corrected chi connectivity index (χ4v) is 4.80. The van der Waals surface area contributed by atoms with Gasteiger partial charge in [0, 0.05) is 0 Å². The summed E-state index contributed by atoms with van der Waals surface area (Å²) in [6.45, 7) is 4.21. The Morgan fingerprint density at radius 2 is 1.37 bits per heavy atom. The van der Waals surface area contributed by atoms with Gasteiger partial charge in [-0.05, 0) is 54.0 Å². The smallest absolute Gasteiger partial charge is 0.422 e. The summed E-state index contributed by atoms with van der Waals surface area (Å²) >= 11 is 0. The first kappa shape index (κ1) is 27.0. The Bertz CT molecular complexity index is 1060. The molecule has 0 atom stereocenters. The van der Waals surface area contributed by atoms with Crippen molar-refractivity contribution < 1.29 is 22.3 Å². The van der Waals surface area contributed by atoms with Crippen LogP contribution >= 0.6 is 0 Å². The summed E-state index contributed by atoms with van der Waals surface area (Å²) in [5.74, 6) is -1.72. The van der Waals surface area contributed by atoms with Crippen molar-refractivity contribution in [1.29, 1.82) is 0 Å². The molecule has 3 rings (SSSR count). The summed E-state index contributed by atoms with van der Waals surface area (Å²) in [7, 11) is 0.736. The molecule has 0 spiro atoms. The summed E-state index contributed by atoms with van der Waals surface area (Å²) in [4.78, 5) is 0. The number of hydrogen-bond acceptors (Lipinski definition) is 1. The molecule has 0 aromatic heterocycles. The maximum absolute atomic E-state index is 15.0. The molecule has 0 aliphatic heterocycles. The number of ether oxygens (including phenoxy) is 1. The Hall–Kier alpha value is -2.60. The number of unbranched alkanes of at least 4 members (excludes halogenated alkanes) is 2. The van der Waals surface area contributed by atoms with E-state index in [0.29, 0.717) is 6.42 Å². The van der Waals surface area contributed by atoms with Gasteiger partial charge in [0.1, 0.15) is 23.7 Å². The van der Waals surface area contributed by atoms with Gasteiger partial charge in [0.2, 0.25) is 0 Å². The lowest BCUT2D eigenvalue weighted by molar-refractivity contribution is -0.141. The zero-order chi connectivity index (χ0) is 25.3. The first-order valence-corrected chi connectivity index (χ1v) is 13.4. The topological polar surface area (TPSA) is 9.23 Å². The van der Waals surface area contributed by atoms with Crippen molar-refractivity contribution >= 4 is 14.7 Å². The minimum atomic E-state index is -4.85. The van der Waals surface area contributed by atoms with E-state index in [-0.39, 0.29) is 18.6 Å². The van der Waals surface area contributed by atoms with Crippen molar-refractivity contribution in [3.8, 4) is 5.75 Å². The minimum Gasteiger partial charge on any atom is -0.488 e. The van der Waals surface area contributed by atoms with Crippen molar-refractivity contribution in [2.75, 3.05) is 0 Å². The predicted octanol–water partition coefficient (Wildman–Crippen LogP) is 7.71. The second kappa shape index (κ2) is 12.9. The first-order valence-electron chi connectivity index (χ1n) is 12.2. The average molecular weight is 501 g/mol. The molecule has 0 heterocycles. The lowest BCUT2D eigenvalue weighted by atomic mass is 10.0. The van der Waals surface area contributed by atoms with Crippen LogP contribution in [0, 0.1) is 5.82 Å². The second-order valence-corrected chi connectivity index (χ2v) is 10.3. The molecular formula is C29H32F4OSi. The van der Waals surface area contributed by atoms with E-state index < -0.39 is 23.3 Å². The summed E-state index contributed by atoms with van der Waals surface area (Å²) < 4.78 is 61.8. The summed E-state index contributed by atoms with van der Waals surface area (Å²) in [6.07, 6.45) is 0.202. The molecule has 3 aromatic rings. The number of rotatable bonds is 12. The Kier molecular flexibility index (Phi) is 9.96. The second-order valence-electron chi connectivity index (χ2n) is 8.70. The van der Waals surface area contributed by atoms with Crippen LogP contribution in [0.1, 0.15) is 60.9 Å². The minimum absolute atomic E-state index is 0.0422. The molecule has 6 heteroatoms. The number of aryl methyl sites for hydroxylation is 3. The molecule has 0 aliphatic rings. The highest BCUT2D eigenvalue weighted by molar-refractivity contribution is 6.53. The predicted molar refractivity (Wildman–Crippen MR) is 135 cm³/mol. The van der Waals surface area contributed by atoms with E-state index in [2.05, 4.69) is 13.8 Å². The third-order valence-corrected chi connectivity index (χ3v) is 7.07. The van der Waals surface area contributed by atoms with Crippen molar-refractivity contribution in [3.63, 3.8) is 0 Å². The van der Waals surface area contributed by atoms with Gasteiger partial charge in [-0.1, -0.05) is 92.5 Å². The summed E-state index contributed by atoms with van der Waals surface area (Å²) in [5, 5.41) is 1.24. The highest BCUT2D eigenvalue weighted by Crippen LogP contribution is 2.40. The van der Waals surface area contributed by atoms with E-state index in [9.17, 15) is 13.2 Å². The molecular weight excluding hydrogens is 468 g/mol. The molecule has 0 amide bonds. The van der Waals surface area contributed by atoms with Crippen molar-refractivity contribution in [2.45, 2.75) is 71.2 Å². The maximum atomic E-state index is 15.0. The van der Waals surface area contributed by atoms with E-state index in [1.165, 1.54) is 22.9 Å². The van der Waals surface area contributed by atoms with Gasteiger partial charge >= 0.3 is 6.18 Å². The molecule has 0 aliphatic carbocycles. The van der Waals surface area contributed by atoms with Gasteiger partial charge < -0.3 is 4.74 Å². The number of alkyl halides is 3. The van der Waals surface area contributed by atoms with Gasteiger partial charge in [0.15, 0.2) is 0 Å². The molecule has 186 valence electrons. The van der Waals surface area contributed by atoms with E-state index in [4.69, 9.17) is 4.74 Å². The molecule has 1 nitrogen and oxygen atoms in total. The Morgan fingerprint density at radius 1 is 0.743 bits per heavy atom. The summed E-state index contributed by atoms with van der Waals surface area (Å²) in [5.41, 5.74) is 1.62. The standard InChI is InChI=1S/C29H32F4OSi/c1-3-5-6-7-21-8-10-23(11-9-21)20-34-26-19-16-24(28(30)27(26)29(31,32)33)15-12-22-13-17-25(18-14-22)35-4-2/h8-11,13-14,16-19H,3-7,12,15,20H2,1-2H3. The lowest BCUT2D eigenvalue weighted by Gasteiger charge is -2.17. The van der Waals surface area contributed by atoms with Crippen molar-refractivity contribution in [2.24, 2.45) is 0 Å². The highest BCUT2D eigenvalue weighted by atomic mass is 28.2. The normalized spacial score (nSPS) is 11.6. The van der Waals surface area contributed by atoms with Gasteiger partial charge in [-0.2, -0.15) is 13.2 Å². The number of benzene rings is 3. The number of halogens is 4. The summed E-state index contributed by atoms with van der Waals surface area (Å²) in [6, 6.07) is 19.4. The quantitative estimate of drug-likeness (QED) is 0.141. The average Bonchev–Trinajstić information content (AvgIpc) is 2.83. The van der Waals surface area contributed by atoms with Crippen LogP contribution in [-0.2, 0) is 32.0 Å². The molecule has 0 bridgehead atoms. The van der Waals surface area contributed by atoms with Crippen LogP contribution in [0.15, 0.2) is 60.7 Å². The molecule has 0 saturated heterocycles. The molecule has 0 N–H and O–H groups in total. The molecule has 0 unspecified atom stereocenters. The third kappa shape index (κ3) is 7.96. The van der Waals surface area contributed by atoms with Crippen LogP contribution in [0.4, 0.5) is 17.6 Å². The molecule has 0 saturated carbocycles. The number of hydrogen-bond donors (Lipinski definition) is 0. The van der Waals surface area contributed by atoms with Crippen LogP contribution in [0.2, 0.25) is 6.04 Å². The molecule has 3 aromatic carbocycles. The largest absolute Gasteiger partial charge is 0.488 e. The van der Waals surface area contributed by atoms with Gasteiger partial charge in [-0.3, -0.25) is 0 Å². The van der Waals surface area contributed by atoms with E-state index in [0.717, 1.165) is 52.4 Å². The first-order chi connectivity index (χ1) is 16.8. The maximum Gasteiger partial charge on any atom is 0.422 e. The Morgan fingerprint density at radius 3 is 2.00 bits per heavy atom. The fraction of sp³-hybridized carbons (Fsp3) is 0.379. The van der Waals surface area contributed by atoms with Crippen molar-refractivity contribution in [3.05, 3.63) is 94.3 Å². The third-order valence-electron chi connectivity index (χ3n) is 5.97. The van der Waals surface area contributed by atoms with Crippen LogP contribution in [-0.4, -0.2) is 9.52 Å². The monoisotopic (exact) mass is 500 g/mol. The highest BCUT2D eigenvalue weighted by Gasteiger charge is 2.39. The fourth-order valence-electron chi connectivity index (χ4n) is 3.99. The van der Waals surface area contributed by atoms with Crippen LogP contribution in [0.5, 0.6) is 5.75 Å². The van der Waals surface area contributed by atoms with Crippen molar-refractivity contribution in [1.82, 2.24) is 0 Å². The van der Waals surface area contributed by atoms with Gasteiger partial charge in [-0.25, -0.2) is 4.39 Å².